The van der Waals surface area contributed by atoms with Crippen LogP contribution in [0.2, 0.25) is 0 Å². The fourth-order valence-corrected chi connectivity index (χ4v) is 1.45. The highest BCUT2D eigenvalue weighted by Gasteiger charge is 2.21. The van der Waals surface area contributed by atoms with E-state index < -0.39 is 0 Å². The van der Waals surface area contributed by atoms with Crippen molar-refractivity contribution in [2.24, 2.45) is 0 Å². The molecule has 0 spiro atoms. The Morgan fingerprint density at radius 2 is 2.06 bits per heavy atom. The van der Waals surface area contributed by atoms with Crippen molar-refractivity contribution >= 4 is 11.6 Å². The summed E-state index contributed by atoms with van der Waals surface area (Å²) in [6.45, 7) is 1.95. The fourth-order valence-electron chi connectivity index (χ4n) is 1.45. The molecule has 1 aliphatic rings. The summed E-state index contributed by atoms with van der Waals surface area (Å²) in [4.78, 5) is 8.37. The number of aromatic nitrogens is 2. The second kappa shape index (κ2) is 5.65. The van der Waals surface area contributed by atoms with Gasteiger partial charge >= 0.3 is 0 Å². The molecule has 0 bridgehead atoms. The number of nitrogens with zero attached hydrogens (tertiary/aromatic N) is 2. The summed E-state index contributed by atoms with van der Waals surface area (Å²) in [5.74, 6) is 1.82. The number of hydrogen-bond acceptors (Lipinski definition) is 5. The Morgan fingerprint density at radius 1 is 1.25 bits per heavy atom. The molecule has 88 valence electrons. The van der Waals surface area contributed by atoms with Crippen molar-refractivity contribution in [2.75, 3.05) is 30.8 Å². The average molecular weight is 221 g/mol. The predicted molar refractivity (Wildman–Crippen MR) is 65.7 cm³/mol. The van der Waals surface area contributed by atoms with E-state index in [9.17, 15) is 0 Å². The first-order valence-electron chi connectivity index (χ1n) is 5.85. The Bertz CT molecular complexity index is 324. The van der Waals surface area contributed by atoms with Crippen LogP contribution in [0.4, 0.5) is 11.6 Å². The van der Waals surface area contributed by atoms with Gasteiger partial charge in [-0.25, -0.2) is 9.97 Å². The SMILES string of the molecule is CNCCCNc1cc(NC2CC2)ncn1. The largest absolute Gasteiger partial charge is 0.370 e. The van der Waals surface area contributed by atoms with Gasteiger partial charge in [0, 0.05) is 18.7 Å². The normalized spacial score (nSPS) is 14.8. The van der Waals surface area contributed by atoms with Gasteiger partial charge in [0.05, 0.1) is 0 Å². The summed E-state index contributed by atoms with van der Waals surface area (Å²) in [6, 6.07) is 2.60. The summed E-state index contributed by atoms with van der Waals surface area (Å²) in [7, 11) is 1.96. The molecule has 1 heterocycles. The van der Waals surface area contributed by atoms with Crippen molar-refractivity contribution in [2.45, 2.75) is 25.3 Å². The van der Waals surface area contributed by atoms with Crippen LogP contribution in [0.3, 0.4) is 0 Å². The van der Waals surface area contributed by atoms with E-state index in [0.717, 1.165) is 31.1 Å². The molecule has 0 amide bonds. The number of rotatable bonds is 7. The van der Waals surface area contributed by atoms with E-state index in [1.54, 1.807) is 6.33 Å². The van der Waals surface area contributed by atoms with Crippen molar-refractivity contribution in [3.63, 3.8) is 0 Å². The molecule has 16 heavy (non-hydrogen) atoms. The zero-order valence-corrected chi connectivity index (χ0v) is 9.66. The molecule has 1 aromatic rings. The van der Waals surface area contributed by atoms with Crippen LogP contribution in [-0.2, 0) is 0 Å². The fraction of sp³-hybridized carbons (Fsp3) is 0.636. The molecule has 0 aliphatic heterocycles. The van der Waals surface area contributed by atoms with Gasteiger partial charge in [0.15, 0.2) is 0 Å². The maximum Gasteiger partial charge on any atom is 0.131 e. The van der Waals surface area contributed by atoms with Gasteiger partial charge in [0.1, 0.15) is 18.0 Å². The lowest BCUT2D eigenvalue weighted by Crippen LogP contribution is -2.13. The summed E-state index contributed by atoms with van der Waals surface area (Å²) in [6.07, 6.45) is 5.21. The molecule has 0 atom stereocenters. The first-order valence-corrected chi connectivity index (χ1v) is 5.85. The number of nitrogens with one attached hydrogen (secondary N) is 3. The van der Waals surface area contributed by atoms with Gasteiger partial charge in [0.25, 0.3) is 0 Å². The van der Waals surface area contributed by atoms with Gasteiger partial charge in [-0.3, -0.25) is 0 Å². The second-order valence-electron chi connectivity index (χ2n) is 4.09. The maximum atomic E-state index is 4.19. The zero-order valence-electron chi connectivity index (χ0n) is 9.66. The van der Waals surface area contributed by atoms with Crippen LogP contribution in [0.25, 0.3) is 0 Å². The molecule has 0 radical (unpaired) electrons. The van der Waals surface area contributed by atoms with Crippen molar-refractivity contribution in [3.05, 3.63) is 12.4 Å². The van der Waals surface area contributed by atoms with Crippen LogP contribution in [0.1, 0.15) is 19.3 Å². The van der Waals surface area contributed by atoms with Gasteiger partial charge in [-0.05, 0) is 32.9 Å². The molecule has 2 rings (SSSR count). The highest BCUT2D eigenvalue weighted by atomic mass is 15.1. The van der Waals surface area contributed by atoms with Crippen molar-refractivity contribution < 1.29 is 0 Å². The first-order chi connectivity index (χ1) is 7.88. The molecular formula is C11H19N5. The van der Waals surface area contributed by atoms with Crippen molar-refractivity contribution in [1.29, 1.82) is 0 Å². The molecule has 1 aliphatic carbocycles. The topological polar surface area (TPSA) is 61.9 Å². The summed E-state index contributed by atoms with van der Waals surface area (Å²) < 4.78 is 0. The van der Waals surface area contributed by atoms with Crippen LogP contribution < -0.4 is 16.0 Å². The van der Waals surface area contributed by atoms with Crippen molar-refractivity contribution in [1.82, 2.24) is 15.3 Å². The molecule has 1 aromatic heterocycles. The molecule has 0 saturated heterocycles. The Morgan fingerprint density at radius 3 is 2.81 bits per heavy atom. The van der Waals surface area contributed by atoms with E-state index in [4.69, 9.17) is 0 Å². The molecule has 5 heteroatoms. The zero-order chi connectivity index (χ0) is 11.2. The lowest BCUT2D eigenvalue weighted by molar-refractivity contribution is 0.746. The highest BCUT2D eigenvalue weighted by Crippen LogP contribution is 2.23. The maximum absolute atomic E-state index is 4.19. The lowest BCUT2D eigenvalue weighted by Gasteiger charge is -2.07. The second-order valence-corrected chi connectivity index (χ2v) is 4.09. The smallest absolute Gasteiger partial charge is 0.131 e. The monoisotopic (exact) mass is 221 g/mol. The standard InChI is InChI=1S/C11H19N5/c1-12-5-2-6-13-10-7-11(15-8-14-10)16-9-3-4-9/h7-9,12H,2-6H2,1H3,(H2,13,14,15,16). The van der Waals surface area contributed by atoms with E-state index >= 15 is 0 Å². The number of anilines is 2. The van der Waals surface area contributed by atoms with Crippen LogP contribution in [-0.4, -0.2) is 36.1 Å². The van der Waals surface area contributed by atoms with Crippen LogP contribution in [0, 0.1) is 0 Å². The number of hydrogen-bond donors (Lipinski definition) is 3. The Labute approximate surface area is 96.1 Å². The molecule has 0 aromatic carbocycles. The summed E-state index contributed by atoms with van der Waals surface area (Å²) in [5, 5.41) is 9.75. The van der Waals surface area contributed by atoms with E-state index in [1.807, 2.05) is 13.1 Å². The van der Waals surface area contributed by atoms with E-state index in [-0.39, 0.29) is 0 Å². The molecule has 0 unspecified atom stereocenters. The van der Waals surface area contributed by atoms with Gasteiger partial charge in [-0.1, -0.05) is 0 Å². The van der Waals surface area contributed by atoms with Crippen molar-refractivity contribution in [3.8, 4) is 0 Å². The minimum Gasteiger partial charge on any atom is -0.370 e. The third-order valence-corrected chi connectivity index (χ3v) is 2.51. The first kappa shape index (κ1) is 11.1. The quantitative estimate of drug-likeness (QED) is 0.601. The van der Waals surface area contributed by atoms with Crippen LogP contribution in [0.15, 0.2) is 12.4 Å². The van der Waals surface area contributed by atoms with E-state index in [1.165, 1.54) is 12.8 Å². The third-order valence-electron chi connectivity index (χ3n) is 2.51. The van der Waals surface area contributed by atoms with Crippen LogP contribution in [0.5, 0.6) is 0 Å². The Hall–Kier alpha value is -1.36. The lowest BCUT2D eigenvalue weighted by atomic mass is 10.4. The molecule has 3 N–H and O–H groups in total. The molecule has 5 nitrogen and oxygen atoms in total. The average Bonchev–Trinajstić information content (AvgIpc) is 3.09. The molecule has 1 saturated carbocycles. The third kappa shape index (κ3) is 3.66. The summed E-state index contributed by atoms with van der Waals surface area (Å²) >= 11 is 0. The van der Waals surface area contributed by atoms with Gasteiger partial charge < -0.3 is 16.0 Å². The minimum absolute atomic E-state index is 0.632. The Kier molecular flexibility index (Phi) is 3.93. The molecule has 1 fully saturated rings. The van der Waals surface area contributed by atoms with Gasteiger partial charge in [0.2, 0.25) is 0 Å². The molecular weight excluding hydrogens is 202 g/mol. The van der Waals surface area contributed by atoms with Gasteiger partial charge in [-0.15, -0.1) is 0 Å². The van der Waals surface area contributed by atoms with Crippen LogP contribution >= 0.6 is 0 Å². The minimum atomic E-state index is 0.632. The van der Waals surface area contributed by atoms with E-state index in [0.29, 0.717) is 6.04 Å². The van der Waals surface area contributed by atoms with E-state index in [2.05, 4.69) is 25.9 Å². The van der Waals surface area contributed by atoms with Gasteiger partial charge in [-0.2, -0.15) is 0 Å². The summed E-state index contributed by atoms with van der Waals surface area (Å²) in [5.41, 5.74) is 0. The highest BCUT2D eigenvalue weighted by molar-refractivity contribution is 5.47. The predicted octanol–water partition coefficient (Wildman–Crippen LogP) is 1.07. The Balaban J connectivity index is 1.78.